The third kappa shape index (κ3) is 3.26. The zero-order valence-corrected chi connectivity index (χ0v) is 16.9. The number of amides is 1. The standard InChI is InChI=1S/C22H21N3O5/c1-28-17-10-13-9-16-20(22(27)23-12-19(26)30-3)24-25(14-7-5-4-6-8-14)21(16)15(13)11-18(17)29-2/h4-8,10-11H,9,12H2,1-3H3,(H,23,27). The molecule has 30 heavy (non-hydrogen) atoms. The summed E-state index contributed by atoms with van der Waals surface area (Å²) < 4.78 is 17.2. The number of fused-ring (bicyclic) bond motifs is 3. The number of ether oxygens (including phenoxy) is 3. The van der Waals surface area contributed by atoms with E-state index in [2.05, 4.69) is 15.2 Å². The molecular weight excluding hydrogens is 386 g/mol. The third-order valence-corrected chi connectivity index (χ3v) is 5.05. The van der Waals surface area contributed by atoms with Gasteiger partial charge in [0.2, 0.25) is 0 Å². The van der Waals surface area contributed by atoms with Crippen molar-refractivity contribution >= 4 is 11.9 Å². The number of rotatable bonds is 6. The largest absolute Gasteiger partial charge is 0.493 e. The molecule has 1 N–H and O–H groups in total. The van der Waals surface area contributed by atoms with Crippen LogP contribution in [0.25, 0.3) is 16.9 Å². The fourth-order valence-electron chi connectivity index (χ4n) is 3.62. The number of nitrogens with zero attached hydrogens (tertiary/aromatic N) is 2. The molecule has 0 saturated heterocycles. The number of nitrogens with one attached hydrogen (secondary N) is 1. The van der Waals surface area contributed by atoms with Crippen molar-refractivity contribution in [3.8, 4) is 28.4 Å². The lowest BCUT2D eigenvalue weighted by atomic mass is 10.1. The maximum absolute atomic E-state index is 12.8. The molecule has 1 amide bonds. The second-order valence-electron chi connectivity index (χ2n) is 6.72. The lowest BCUT2D eigenvalue weighted by Crippen LogP contribution is -2.31. The lowest BCUT2D eigenvalue weighted by molar-refractivity contribution is -0.139. The molecule has 4 rings (SSSR count). The molecule has 154 valence electrons. The normalized spacial score (nSPS) is 11.4. The summed E-state index contributed by atoms with van der Waals surface area (Å²) in [5.41, 5.74) is 4.62. The topological polar surface area (TPSA) is 91.7 Å². The van der Waals surface area contributed by atoms with E-state index in [1.54, 1.807) is 18.9 Å². The SMILES string of the molecule is COC(=O)CNC(=O)c1nn(-c2ccccc2)c2c1Cc1cc(OC)c(OC)cc1-2. The van der Waals surface area contributed by atoms with E-state index < -0.39 is 11.9 Å². The van der Waals surface area contributed by atoms with E-state index in [0.29, 0.717) is 17.9 Å². The Hall–Kier alpha value is -3.81. The molecule has 2 aromatic carbocycles. The van der Waals surface area contributed by atoms with E-state index >= 15 is 0 Å². The molecule has 0 aliphatic heterocycles. The highest BCUT2D eigenvalue weighted by atomic mass is 16.5. The number of carbonyl (C=O) groups excluding carboxylic acids is 2. The first kappa shape index (κ1) is 19.5. The van der Waals surface area contributed by atoms with Crippen LogP contribution in [-0.4, -0.2) is 49.5 Å². The van der Waals surface area contributed by atoms with Crippen LogP contribution in [0.1, 0.15) is 21.6 Å². The molecule has 0 bridgehead atoms. The zero-order valence-electron chi connectivity index (χ0n) is 16.9. The first-order valence-electron chi connectivity index (χ1n) is 9.35. The molecule has 8 nitrogen and oxygen atoms in total. The number of hydrogen-bond donors (Lipinski definition) is 1. The van der Waals surface area contributed by atoms with Crippen molar-refractivity contribution in [2.45, 2.75) is 6.42 Å². The summed E-state index contributed by atoms with van der Waals surface area (Å²) in [7, 11) is 4.44. The van der Waals surface area contributed by atoms with Gasteiger partial charge in [-0.05, 0) is 29.8 Å². The Morgan fingerprint density at radius 3 is 2.43 bits per heavy atom. The Morgan fingerprint density at radius 2 is 1.77 bits per heavy atom. The molecule has 1 aliphatic carbocycles. The minimum Gasteiger partial charge on any atom is -0.493 e. The van der Waals surface area contributed by atoms with Gasteiger partial charge < -0.3 is 19.5 Å². The molecule has 0 unspecified atom stereocenters. The van der Waals surface area contributed by atoms with E-state index in [9.17, 15) is 9.59 Å². The number of methoxy groups -OCH3 is 3. The highest BCUT2D eigenvalue weighted by Gasteiger charge is 2.32. The molecule has 0 atom stereocenters. The van der Waals surface area contributed by atoms with Crippen LogP contribution in [0.5, 0.6) is 11.5 Å². The van der Waals surface area contributed by atoms with Crippen LogP contribution in [0.4, 0.5) is 0 Å². The molecule has 8 heteroatoms. The van der Waals surface area contributed by atoms with Crippen LogP contribution in [-0.2, 0) is 16.0 Å². The maximum atomic E-state index is 12.8. The van der Waals surface area contributed by atoms with Gasteiger partial charge in [-0.15, -0.1) is 0 Å². The van der Waals surface area contributed by atoms with Crippen molar-refractivity contribution in [2.24, 2.45) is 0 Å². The number of hydrogen-bond acceptors (Lipinski definition) is 6. The Balaban J connectivity index is 1.84. The molecule has 0 saturated carbocycles. The van der Waals surface area contributed by atoms with Crippen molar-refractivity contribution in [2.75, 3.05) is 27.9 Å². The van der Waals surface area contributed by atoms with Crippen LogP contribution in [0.2, 0.25) is 0 Å². The molecule has 1 aromatic heterocycles. The predicted molar refractivity (Wildman–Crippen MR) is 109 cm³/mol. The fourth-order valence-corrected chi connectivity index (χ4v) is 3.62. The van der Waals surface area contributed by atoms with E-state index in [1.165, 1.54) is 7.11 Å². The van der Waals surface area contributed by atoms with Crippen LogP contribution in [0.15, 0.2) is 42.5 Å². The Morgan fingerprint density at radius 1 is 1.07 bits per heavy atom. The van der Waals surface area contributed by atoms with Gasteiger partial charge in [0.15, 0.2) is 17.2 Å². The minimum atomic E-state index is -0.528. The summed E-state index contributed by atoms with van der Waals surface area (Å²) in [6.45, 7) is -0.225. The monoisotopic (exact) mass is 407 g/mol. The summed E-state index contributed by atoms with van der Waals surface area (Å²) in [6, 6.07) is 13.4. The summed E-state index contributed by atoms with van der Waals surface area (Å²) >= 11 is 0. The van der Waals surface area contributed by atoms with Gasteiger partial charge in [-0.3, -0.25) is 9.59 Å². The number of benzene rings is 2. The molecule has 0 spiro atoms. The predicted octanol–water partition coefficient (Wildman–Crippen LogP) is 2.36. The Kier molecular flexibility index (Phi) is 5.14. The minimum absolute atomic E-state index is 0.225. The van der Waals surface area contributed by atoms with Crippen LogP contribution < -0.4 is 14.8 Å². The number of esters is 1. The summed E-state index contributed by atoms with van der Waals surface area (Å²) in [5.74, 6) is 0.261. The molecule has 1 heterocycles. The first-order chi connectivity index (χ1) is 14.6. The molecule has 0 fully saturated rings. The van der Waals surface area contributed by atoms with Crippen molar-refractivity contribution in [1.29, 1.82) is 0 Å². The van der Waals surface area contributed by atoms with Crippen LogP contribution in [0, 0.1) is 0 Å². The van der Waals surface area contributed by atoms with Gasteiger partial charge in [0.05, 0.1) is 32.7 Å². The highest BCUT2D eigenvalue weighted by Crippen LogP contribution is 2.44. The average molecular weight is 407 g/mol. The molecular formula is C22H21N3O5. The van der Waals surface area contributed by atoms with E-state index in [4.69, 9.17) is 9.47 Å². The van der Waals surface area contributed by atoms with Crippen molar-refractivity contribution < 1.29 is 23.8 Å². The van der Waals surface area contributed by atoms with Gasteiger partial charge in [0, 0.05) is 17.5 Å². The smallest absolute Gasteiger partial charge is 0.325 e. The second-order valence-corrected chi connectivity index (χ2v) is 6.72. The van der Waals surface area contributed by atoms with Crippen molar-refractivity contribution in [3.05, 3.63) is 59.3 Å². The van der Waals surface area contributed by atoms with Crippen molar-refractivity contribution in [3.63, 3.8) is 0 Å². The van der Waals surface area contributed by atoms with Gasteiger partial charge in [-0.25, -0.2) is 4.68 Å². The average Bonchev–Trinajstić information content (AvgIpc) is 3.33. The van der Waals surface area contributed by atoms with Crippen molar-refractivity contribution in [1.82, 2.24) is 15.1 Å². The van der Waals surface area contributed by atoms with Gasteiger partial charge in [-0.2, -0.15) is 5.10 Å². The van der Waals surface area contributed by atoms with E-state index in [1.807, 2.05) is 42.5 Å². The number of aromatic nitrogens is 2. The highest BCUT2D eigenvalue weighted by molar-refractivity contribution is 5.98. The molecule has 0 radical (unpaired) electrons. The summed E-state index contributed by atoms with van der Waals surface area (Å²) in [6.07, 6.45) is 0.513. The lowest BCUT2D eigenvalue weighted by Gasteiger charge is -2.12. The van der Waals surface area contributed by atoms with E-state index in [0.717, 1.165) is 28.1 Å². The van der Waals surface area contributed by atoms with Gasteiger partial charge in [0.1, 0.15) is 6.54 Å². The van der Waals surface area contributed by atoms with Crippen LogP contribution >= 0.6 is 0 Å². The van der Waals surface area contributed by atoms with Gasteiger partial charge >= 0.3 is 5.97 Å². The quantitative estimate of drug-likeness (QED) is 0.494. The van der Waals surface area contributed by atoms with Gasteiger partial charge in [-0.1, -0.05) is 18.2 Å². The first-order valence-corrected chi connectivity index (χ1v) is 9.35. The number of para-hydroxylation sites is 1. The summed E-state index contributed by atoms with van der Waals surface area (Å²) in [4.78, 5) is 24.3. The molecule has 1 aliphatic rings. The summed E-state index contributed by atoms with van der Waals surface area (Å²) in [5, 5.41) is 7.16. The fraction of sp³-hybridized carbons (Fsp3) is 0.227. The molecule has 3 aromatic rings. The Bertz CT molecular complexity index is 1120. The maximum Gasteiger partial charge on any atom is 0.325 e. The van der Waals surface area contributed by atoms with E-state index in [-0.39, 0.29) is 12.2 Å². The third-order valence-electron chi connectivity index (χ3n) is 5.05. The Labute approximate surface area is 173 Å². The van der Waals surface area contributed by atoms with Gasteiger partial charge in [0.25, 0.3) is 5.91 Å². The zero-order chi connectivity index (χ0) is 21.3. The van der Waals surface area contributed by atoms with Crippen LogP contribution in [0.3, 0.4) is 0 Å². The second kappa shape index (κ2) is 7.90. The number of carbonyl (C=O) groups is 2.